The van der Waals surface area contributed by atoms with Crippen LogP contribution < -0.4 is 5.73 Å². The van der Waals surface area contributed by atoms with Gasteiger partial charge in [0.25, 0.3) is 0 Å². The predicted octanol–water partition coefficient (Wildman–Crippen LogP) is -0.648. The molecule has 0 aliphatic carbocycles. The van der Waals surface area contributed by atoms with Crippen LogP contribution in [0.5, 0.6) is 0 Å². The van der Waals surface area contributed by atoms with Gasteiger partial charge >= 0.3 is 0 Å². The molecule has 17 heavy (non-hydrogen) atoms. The Morgan fingerprint density at radius 3 is 2.18 bits per heavy atom. The quantitative estimate of drug-likeness (QED) is 0.529. The molecule has 1 fully saturated rings. The van der Waals surface area contributed by atoms with Crippen molar-refractivity contribution in [3.8, 4) is 0 Å². The maximum absolute atomic E-state index is 8.59. The molecule has 1 heterocycles. The standard InChI is InChI=1S/C12H27N3O2/c13-3-1-2-4-14-5-7-15(8-6-14)9-11-17-12-10-16/h16H,1-13H2. The number of unbranched alkanes of at least 4 members (excludes halogenated alkanes) is 1. The molecule has 0 aromatic rings. The lowest BCUT2D eigenvalue weighted by Gasteiger charge is -2.34. The zero-order valence-corrected chi connectivity index (χ0v) is 10.8. The molecule has 0 aromatic heterocycles. The molecule has 0 bridgehead atoms. The van der Waals surface area contributed by atoms with Gasteiger partial charge in [-0.15, -0.1) is 0 Å². The van der Waals surface area contributed by atoms with Gasteiger partial charge in [0.2, 0.25) is 0 Å². The summed E-state index contributed by atoms with van der Waals surface area (Å²) < 4.78 is 5.27. The maximum Gasteiger partial charge on any atom is 0.0698 e. The first kappa shape index (κ1) is 14.9. The van der Waals surface area contributed by atoms with Gasteiger partial charge in [0.15, 0.2) is 0 Å². The molecule has 0 radical (unpaired) electrons. The highest BCUT2D eigenvalue weighted by molar-refractivity contribution is 4.71. The molecule has 5 nitrogen and oxygen atoms in total. The van der Waals surface area contributed by atoms with E-state index >= 15 is 0 Å². The van der Waals surface area contributed by atoms with Gasteiger partial charge in [0.1, 0.15) is 0 Å². The number of rotatable bonds is 9. The zero-order chi connectivity index (χ0) is 12.3. The number of aliphatic hydroxyl groups is 1. The Morgan fingerprint density at radius 2 is 1.59 bits per heavy atom. The fourth-order valence-electron chi connectivity index (χ4n) is 2.08. The Morgan fingerprint density at radius 1 is 0.941 bits per heavy atom. The van der Waals surface area contributed by atoms with E-state index in [-0.39, 0.29) is 6.61 Å². The first-order valence-electron chi connectivity index (χ1n) is 6.70. The monoisotopic (exact) mass is 245 g/mol. The molecule has 1 aliphatic rings. The van der Waals surface area contributed by atoms with Crippen LogP contribution in [0.25, 0.3) is 0 Å². The molecule has 3 N–H and O–H groups in total. The minimum absolute atomic E-state index is 0.120. The summed E-state index contributed by atoms with van der Waals surface area (Å²) in [6.45, 7) is 8.86. The number of piperazine rings is 1. The van der Waals surface area contributed by atoms with Gasteiger partial charge in [-0.2, -0.15) is 0 Å². The maximum atomic E-state index is 8.59. The van der Waals surface area contributed by atoms with E-state index < -0.39 is 0 Å². The van der Waals surface area contributed by atoms with Crippen LogP contribution in [0.4, 0.5) is 0 Å². The molecule has 1 aliphatic heterocycles. The average molecular weight is 245 g/mol. The van der Waals surface area contributed by atoms with Crippen LogP contribution in [-0.4, -0.2) is 80.5 Å². The highest BCUT2D eigenvalue weighted by atomic mass is 16.5. The second kappa shape index (κ2) is 9.79. The third-order valence-electron chi connectivity index (χ3n) is 3.18. The highest BCUT2D eigenvalue weighted by Crippen LogP contribution is 2.03. The van der Waals surface area contributed by atoms with Crippen LogP contribution in [-0.2, 0) is 4.74 Å². The Kier molecular flexibility index (Phi) is 8.56. The first-order chi connectivity index (χ1) is 8.36. The summed E-state index contributed by atoms with van der Waals surface area (Å²) in [5.41, 5.74) is 5.49. The summed E-state index contributed by atoms with van der Waals surface area (Å²) >= 11 is 0. The molecule has 0 amide bonds. The molecular weight excluding hydrogens is 218 g/mol. The van der Waals surface area contributed by atoms with Crippen LogP contribution >= 0.6 is 0 Å². The van der Waals surface area contributed by atoms with Gasteiger partial charge in [0.05, 0.1) is 19.8 Å². The lowest BCUT2D eigenvalue weighted by Crippen LogP contribution is -2.47. The molecule has 1 saturated heterocycles. The number of ether oxygens (including phenoxy) is 1. The summed E-state index contributed by atoms with van der Waals surface area (Å²) in [6.07, 6.45) is 2.35. The van der Waals surface area contributed by atoms with E-state index in [0.717, 1.165) is 52.3 Å². The van der Waals surface area contributed by atoms with E-state index in [0.29, 0.717) is 6.61 Å². The number of nitrogens with zero attached hydrogens (tertiary/aromatic N) is 2. The first-order valence-corrected chi connectivity index (χ1v) is 6.70. The largest absolute Gasteiger partial charge is 0.394 e. The fourth-order valence-corrected chi connectivity index (χ4v) is 2.08. The molecular formula is C12H27N3O2. The molecule has 5 heteroatoms. The van der Waals surface area contributed by atoms with E-state index in [4.69, 9.17) is 15.6 Å². The molecule has 0 saturated carbocycles. The minimum atomic E-state index is 0.120. The van der Waals surface area contributed by atoms with Crippen molar-refractivity contribution in [1.82, 2.24) is 9.80 Å². The number of hydrogen-bond acceptors (Lipinski definition) is 5. The molecule has 0 unspecified atom stereocenters. The fraction of sp³-hybridized carbons (Fsp3) is 1.00. The summed E-state index contributed by atoms with van der Waals surface area (Å²) in [5, 5.41) is 8.59. The van der Waals surface area contributed by atoms with Gasteiger partial charge in [-0.05, 0) is 25.9 Å². The Bertz CT molecular complexity index is 173. The number of hydrogen-bond donors (Lipinski definition) is 2. The van der Waals surface area contributed by atoms with Gasteiger partial charge in [-0.1, -0.05) is 0 Å². The summed E-state index contributed by atoms with van der Waals surface area (Å²) in [7, 11) is 0. The predicted molar refractivity (Wildman–Crippen MR) is 69.1 cm³/mol. The van der Waals surface area contributed by atoms with Crippen LogP contribution in [0.15, 0.2) is 0 Å². The van der Waals surface area contributed by atoms with Crippen molar-refractivity contribution in [2.45, 2.75) is 12.8 Å². The van der Waals surface area contributed by atoms with Crippen LogP contribution in [0.3, 0.4) is 0 Å². The molecule has 1 rings (SSSR count). The van der Waals surface area contributed by atoms with Crippen LogP contribution in [0, 0.1) is 0 Å². The van der Waals surface area contributed by atoms with Crippen LogP contribution in [0.1, 0.15) is 12.8 Å². The normalized spacial score (nSPS) is 18.7. The van der Waals surface area contributed by atoms with E-state index in [1.165, 1.54) is 13.0 Å². The average Bonchev–Trinajstić information content (AvgIpc) is 2.37. The number of aliphatic hydroxyl groups excluding tert-OH is 1. The van der Waals surface area contributed by atoms with Crippen molar-refractivity contribution >= 4 is 0 Å². The Labute approximate surface area is 105 Å². The van der Waals surface area contributed by atoms with Gasteiger partial charge in [-0.25, -0.2) is 0 Å². The number of nitrogens with two attached hydrogens (primary N) is 1. The minimum Gasteiger partial charge on any atom is -0.394 e. The Hall–Kier alpha value is -0.200. The summed E-state index contributed by atoms with van der Waals surface area (Å²) in [4.78, 5) is 4.94. The van der Waals surface area contributed by atoms with Crippen molar-refractivity contribution in [3.05, 3.63) is 0 Å². The third-order valence-corrected chi connectivity index (χ3v) is 3.18. The molecule has 0 aromatic carbocycles. The second-order valence-electron chi connectivity index (χ2n) is 4.52. The molecule has 102 valence electrons. The van der Waals surface area contributed by atoms with E-state index in [2.05, 4.69) is 9.80 Å². The summed E-state index contributed by atoms with van der Waals surface area (Å²) in [5.74, 6) is 0. The van der Waals surface area contributed by atoms with Crippen molar-refractivity contribution in [2.75, 3.05) is 65.6 Å². The van der Waals surface area contributed by atoms with Crippen molar-refractivity contribution in [3.63, 3.8) is 0 Å². The highest BCUT2D eigenvalue weighted by Gasteiger charge is 2.15. The lowest BCUT2D eigenvalue weighted by atomic mass is 10.2. The molecule has 0 spiro atoms. The van der Waals surface area contributed by atoms with E-state index in [1.807, 2.05) is 0 Å². The smallest absolute Gasteiger partial charge is 0.0698 e. The second-order valence-corrected chi connectivity index (χ2v) is 4.52. The van der Waals surface area contributed by atoms with E-state index in [1.54, 1.807) is 0 Å². The van der Waals surface area contributed by atoms with Crippen molar-refractivity contribution < 1.29 is 9.84 Å². The van der Waals surface area contributed by atoms with Gasteiger partial charge < -0.3 is 20.5 Å². The van der Waals surface area contributed by atoms with Gasteiger partial charge in [-0.3, -0.25) is 4.90 Å². The Balaban J connectivity index is 1.97. The van der Waals surface area contributed by atoms with Gasteiger partial charge in [0, 0.05) is 32.7 Å². The third kappa shape index (κ3) is 6.95. The summed E-state index contributed by atoms with van der Waals surface area (Å²) in [6, 6.07) is 0. The van der Waals surface area contributed by atoms with Crippen molar-refractivity contribution in [2.24, 2.45) is 5.73 Å². The van der Waals surface area contributed by atoms with E-state index in [9.17, 15) is 0 Å². The topological polar surface area (TPSA) is 62.0 Å². The van der Waals surface area contributed by atoms with Crippen molar-refractivity contribution in [1.29, 1.82) is 0 Å². The molecule has 0 atom stereocenters. The SMILES string of the molecule is NCCCCN1CCN(CCOCCO)CC1. The zero-order valence-electron chi connectivity index (χ0n) is 10.8. The van der Waals surface area contributed by atoms with Crippen LogP contribution in [0.2, 0.25) is 0 Å². The lowest BCUT2D eigenvalue weighted by molar-refractivity contribution is 0.0574.